The van der Waals surface area contributed by atoms with E-state index in [4.69, 9.17) is 9.47 Å². The molecule has 2 atom stereocenters. The molecule has 3 rings (SSSR count). The molecular formula is C30H42N5O3S+. The molecule has 0 aliphatic carbocycles. The smallest absolute Gasteiger partial charge is 0.273 e. The highest BCUT2D eigenvalue weighted by Gasteiger charge is 2.27. The number of nitrogens with one attached hydrogen (secondary N) is 1. The highest BCUT2D eigenvalue weighted by molar-refractivity contribution is 7.74. The minimum absolute atomic E-state index is 0.251. The Labute approximate surface area is 238 Å². The standard InChI is InChI=1S/C28H36N5O3S.C2H6/c1-7-19(3)25-14-23(13-21(15-29)26(25)35-8-2)28(4,5)22-9-11-24(12-10-22)36-18-20-16-30-27(31-17-20)32-33(6,34)37;1-2/h9-14,16-17,19,34,37H,7-8,18H2,1-6H3,(H,30,31,32);1-2H3/q+1;. The fraction of sp³-hybridized carbons (Fsp3) is 0.433. The summed E-state index contributed by atoms with van der Waals surface area (Å²) in [5.41, 5.74) is 6.90. The van der Waals surface area contributed by atoms with Crippen LogP contribution in [0.25, 0.3) is 0 Å². The molecule has 0 saturated heterocycles. The number of nitriles is 1. The topological polar surface area (TPSA) is 100 Å². The van der Waals surface area contributed by atoms with Gasteiger partial charge in [-0.1, -0.05) is 59.7 Å². The number of rotatable bonds is 11. The minimum Gasteiger partial charge on any atom is -0.492 e. The summed E-state index contributed by atoms with van der Waals surface area (Å²) in [6.45, 7) is 15.4. The Morgan fingerprint density at radius 1 is 1.08 bits per heavy atom. The predicted molar refractivity (Wildman–Crippen MR) is 158 cm³/mol. The van der Waals surface area contributed by atoms with E-state index < -0.39 is 4.16 Å². The van der Waals surface area contributed by atoms with Gasteiger partial charge >= 0.3 is 0 Å². The first-order valence-electron chi connectivity index (χ1n) is 13.3. The summed E-state index contributed by atoms with van der Waals surface area (Å²) < 4.78 is 11.0. The third-order valence-electron chi connectivity index (χ3n) is 6.39. The summed E-state index contributed by atoms with van der Waals surface area (Å²) in [7, 11) is 1.43. The van der Waals surface area contributed by atoms with Crippen LogP contribution in [0.5, 0.6) is 11.5 Å². The summed E-state index contributed by atoms with van der Waals surface area (Å²) in [5.74, 6) is 1.95. The van der Waals surface area contributed by atoms with Crippen LogP contribution in [0.4, 0.5) is 5.95 Å². The average Bonchev–Trinajstić information content (AvgIpc) is 2.92. The molecule has 0 spiro atoms. The Kier molecular flexibility index (Phi) is 11.6. The molecular weight excluding hydrogens is 510 g/mol. The van der Waals surface area contributed by atoms with Crippen LogP contribution in [0, 0.1) is 11.3 Å². The quantitative estimate of drug-likeness (QED) is 0.131. The lowest BCUT2D eigenvalue weighted by atomic mass is 9.76. The van der Waals surface area contributed by atoms with Gasteiger partial charge in [0.2, 0.25) is 0 Å². The lowest BCUT2D eigenvalue weighted by Crippen LogP contribution is -2.36. The molecule has 1 aromatic heterocycles. The van der Waals surface area contributed by atoms with Gasteiger partial charge in [-0.05, 0) is 58.3 Å². The third-order valence-corrected chi connectivity index (χ3v) is 6.49. The van der Waals surface area contributed by atoms with Crippen LogP contribution < -0.4 is 14.9 Å². The fourth-order valence-corrected chi connectivity index (χ4v) is 4.05. The SMILES string of the molecule is CC.CCOc1c(C#N)cc(C(C)(C)c2ccc(OCc3cnc(N[N+](C)(O)S)nc3)cc2)cc1C(C)CC. The van der Waals surface area contributed by atoms with Crippen LogP contribution in [0.3, 0.4) is 0 Å². The van der Waals surface area contributed by atoms with E-state index >= 15 is 0 Å². The number of quaternary nitrogens is 1. The van der Waals surface area contributed by atoms with Crippen molar-refractivity contribution < 1.29 is 18.8 Å². The van der Waals surface area contributed by atoms with Crippen LogP contribution in [0.1, 0.15) is 88.6 Å². The molecule has 1 heterocycles. The summed E-state index contributed by atoms with van der Waals surface area (Å²) in [6.07, 6.45) is 4.22. The van der Waals surface area contributed by atoms with Crippen molar-refractivity contribution >= 4 is 18.8 Å². The van der Waals surface area contributed by atoms with Gasteiger partial charge in [0.25, 0.3) is 5.95 Å². The molecule has 8 nitrogen and oxygen atoms in total. The Balaban J connectivity index is 0.00000260. The van der Waals surface area contributed by atoms with Crippen molar-refractivity contribution in [2.45, 2.75) is 72.8 Å². The monoisotopic (exact) mass is 552 g/mol. The van der Waals surface area contributed by atoms with Gasteiger partial charge in [0.05, 0.1) is 12.2 Å². The number of hydrogen-bond donors (Lipinski definition) is 3. The molecule has 39 heavy (non-hydrogen) atoms. The van der Waals surface area contributed by atoms with Crippen molar-refractivity contribution in [3.8, 4) is 17.6 Å². The van der Waals surface area contributed by atoms with Gasteiger partial charge in [0.15, 0.2) is 0 Å². The van der Waals surface area contributed by atoms with Gasteiger partial charge in [-0.3, -0.25) is 0 Å². The summed E-state index contributed by atoms with van der Waals surface area (Å²) in [4.78, 5) is 8.31. The molecule has 0 aliphatic rings. The van der Waals surface area contributed by atoms with Crippen LogP contribution in [-0.2, 0) is 12.0 Å². The molecule has 0 radical (unpaired) electrons. The third kappa shape index (κ3) is 8.59. The fourth-order valence-electron chi connectivity index (χ4n) is 3.96. The zero-order chi connectivity index (χ0) is 29.2. The van der Waals surface area contributed by atoms with Crippen molar-refractivity contribution in [1.82, 2.24) is 9.97 Å². The first kappa shape index (κ1) is 31.9. The summed E-state index contributed by atoms with van der Waals surface area (Å²) in [6, 6.07) is 14.5. The molecule has 2 unspecified atom stereocenters. The molecule has 0 aliphatic heterocycles. The van der Waals surface area contributed by atoms with Gasteiger partial charge in [0.1, 0.15) is 44.0 Å². The first-order chi connectivity index (χ1) is 18.5. The number of benzene rings is 2. The van der Waals surface area contributed by atoms with E-state index in [1.807, 2.05) is 39.0 Å². The molecule has 0 fully saturated rings. The van der Waals surface area contributed by atoms with Gasteiger partial charge in [-0.15, -0.1) is 0 Å². The number of ether oxygens (including phenoxy) is 2. The van der Waals surface area contributed by atoms with Crippen LogP contribution in [-0.4, -0.2) is 33.0 Å². The van der Waals surface area contributed by atoms with E-state index in [1.54, 1.807) is 12.4 Å². The maximum atomic E-state index is 9.86. The number of anilines is 1. The van der Waals surface area contributed by atoms with Crippen molar-refractivity contribution in [1.29, 1.82) is 5.26 Å². The van der Waals surface area contributed by atoms with Gasteiger partial charge in [0, 0.05) is 23.4 Å². The first-order valence-corrected chi connectivity index (χ1v) is 13.7. The highest BCUT2D eigenvalue weighted by Crippen LogP contribution is 2.39. The number of nitrogens with zero attached hydrogens (tertiary/aromatic N) is 4. The van der Waals surface area contributed by atoms with Crippen LogP contribution in [0.15, 0.2) is 48.8 Å². The molecule has 210 valence electrons. The number of hydrogen-bond acceptors (Lipinski definition) is 8. The second-order valence-electron chi connectivity index (χ2n) is 9.67. The second kappa shape index (κ2) is 14.2. The van der Waals surface area contributed by atoms with Crippen LogP contribution >= 0.6 is 12.8 Å². The Morgan fingerprint density at radius 2 is 1.69 bits per heavy atom. The summed E-state index contributed by atoms with van der Waals surface area (Å²) in [5, 5.41) is 19.5. The Bertz CT molecular complexity index is 1230. The number of hydroxylamine groups is 1. The van der Waals surface area contributed by atoms with E-state index in [1.165, 1.54) is 7.05 Å². The normalized spacial score (nSPS) is 13.3. The largest absolute Gasteiger partial charge is 0.492 e. The maximum absolute atomic E-state index is 9.86. The van der Waals surface area contributed by atoms with E-state index in [2.05, 4.69) is 80.2 Å². The zero-order valence-corrected chi connectivity index (χ0v) is 25.2. The molecule has 9 heteroatoms. The van der Waals surface area contributed by atoms with Crippen LogP contribution in [0.2, 0.25) is 0 Å². The molecule has 3 aromatic rings. The molecule has 0 saturated carbocycles. The van der Waals surface area contributed by atoms with E-state index in [0.29, 0.717) is 24.5 Å². The molecule has 2 N–H and O–H groups in total. The molecule has 0 bridgehead atoms. The van der Waals surface area contributed by atoms with Gasteiger partial charge in [-0.25, -0.2) is 9.97 Å². The number of aromatic nitrogens is 2. The second-order valence-corrected chi connectivity index (χ2v) is 10.5. The van der Waals surface area contributed by atoms with Gasteiger partial charge < -0.3 is 9.47 Å². The highest BCUT2D eigenvalue weighted by atomic mass is 32.1. The lowest BCUT2D eigenvalue weighted by Gasteiger charge is -2.29. The predicted octanol–water partition coefficient (Wildman–Crippen LogP) is 7.20. The Morgan fingerprint density at radius 3 is 2.21 bits per heavy atom. The minimum atomic E-state index is -0.772. The van der Waals surface area contributed by atoms with Crippen molar-refractivity contribution in [3.63, 3.8) is 0 Å². The van der Waals surface area contributed by atoms with Gasteiger partial charge in [-0.2, -0.15) is 15.9 Å². The van der Waals surface area contributed by atoms with E-state index in [-0.39, 0.29) is 17.3 Å². The zero-order valence-electron chi connectivity index (χ0n) is 24.3. The maximum Gasteiger partial charge on any atom is 0.273 e. The van der Waals surface area contributed by atoms with Crippen molar-refractivity contribution in [2.24, 2.45) is 0 Å². The average molecular weight is 553 g/mol. The summed E-state index contributed by atoms with van der Waals surface area (Å²) >= 11 is 3.93. The lowest BCUT2D eigenvalue weighted by molar-refractivity contribution is -0.955. The van der Waals surface area contributed by atoms with Crippen molar-refractivity contribution in [2.75, 3.05) is 19.1 Å². The van der Waals surface area contributed by atoms with Crippen molar-refractivity contribution in [3.05, 3.63) is 76.6 Å². The molecule has 2 aromatic carbocycles. The number of thiol groups is 1. The van der Waals surface area contributed by atoms with E-state index in [9.17, 15) is 10.5 Å². The Hall–Kier alpha value is -3.32. The molecule has 0 amide bonds. The van der Waals surface area contributed by atoms with E-state index in [0.717, 1.165) is 34.4 Å².